The number of rotatable bonds is 8. The van der Waals surface area contributed by atoms with Crippen molar-refractivity contribution in [2.24, 2.45) is 10.2 Å². The smallest absolute Gasteiger partial charge is 0.294 e. The fourth-order valence-electron chi connectivity index (χ4n) is 3.31. The van der Waals surface area contributed by atoms with E-state index in [1.807, 2.05) is 0 Å². The van der Waals surface area contributed by atoms with E-state index in [0.717, 1.165) is 12.1 Å². The lowest BCUT2D eigenvalue weighted by Gasteiger charge is -2.15. The number of fused-ring (bicyclic) bond motifs is 1. The number of hydrogen-bond donors (Lipinski definition) is 4. The number of nitrogens with one attached hydrogen (secondary N) is 1. The van der Waals surface area contributed by atoms with E-state index in [9.17, 15) is 22.9 Å². The SMILES string of the molecule is O=C(Nc1cc(S(=O)(=O)O)cc2cc(SOOO)c(N=Nc3ccccc3)c(O)c12)c1ccccc1. The maximum atomic E-state index is 12.8. The molecule has 4 aromatic carbocycles. The third-order valence-electron chi connectivity index (χ3n) is 4.88. The summed E-state index contributed by atoms with van der Waals surface area (Å²) in [4.78, 5) is 12.4. The average molecular weight is 528 g/mol. The molecule has 0 aromatic heterocycles. The Morgan fingerprint density at radius 1 is 0.944 bits per heavy atom. The molecule has 11 nitrogen and oxygen atoms in total. The molecule has 0 aliphatic rings. The van der Waals surface area contributed by atoms with Gasteiger partial charge in [-0.15, -0.1) is 9.45 Å². The zero-order valence-corrected chi connectivity index (χ0v) is 19.7. The molecule has 0 saturated carbocycles. The summed E-state index contributed by atoms with van der Waals surface area (Å²) >= 11 is 0.456. The van der Waals surface area contributed by atoms with Crippen molar-refractivity contribution in [1.82, 2.24) is 0 Å². The monoisotopic (exact) mass is 527 g/mol. The summed E-state index contributed by atoms with van der Waals surface area (Å²) in [6.45, 7) is 0. The fourth-order valence-corrected chi connectivity index (χ4v) is 4.34. The van der Waals surface area contributed by atoms with Crippen LogP contribution in [0, 0.1) is 0 Å². The molecule has 36 heavy (non-hydrogen) atoms. The van der Waals surface area contributed by atoms with Crippen molar-refractivity contribution >= 4 is 55.9 Å². The summed E-state index contributed by atoms with van der Waals surface area (Å²) in [5, 5.41) is 34.2. The van der Waals surface area contributed by atoms with E-state index in [0.29, 0.717) is 17.7 Å². The van der Waals surface area contributed by atoms with Gasteiger partial charge in [-0.05, 0) is 47.9 Å². The highest BCUT2D eigenvalue weighted by Gasteiger charge is 2.22. The first-order chi connectivity index (χ1) is 17.3. The van der Waals surface area contributed by atoms with E-state index in [2.05, 4.69) is 24.9 Å². The van der Waals surface area contributed by atoms with Crippen LogP contribution in [0.15, 0.2) is 98.9 Å². The van der Waals surface area contributed by atoms with Crippen LogP contribution in [-0.4, -0.2) is 29.2 Å². The number of amides is 1. The van der Waals surface area contributed by atoms with E-state index in [1.54, 1.807) is 60.7 Å². The number of azo groups is 1. The van der Waals surface area contributed by atoms with Crippen molar-refractivity contribution in [1.29, 1.82) is 0 Å². The van der Waals surface area contributed by atoms with Gasteiger partial charge in [-0.2, -0.15) is 13.5 Å². The zero-order valence-electron chi connectivity index (χ0n) is 18.1. The predicted octanol–water partition coefficient (Wildman–Crippen LogP) is 5.89. The summed E-state index contributed by atoms with van der Waals surface area (Å²) in [5.41, 5.74) is 0.500. The Hall–Kier alpha value is -3.85. The molecule has 0 fully saturated rings. The first-order valence-electron chi connectivity index (χ1n) is 10.1. The minimum Gasteiger partial charge on any atom is -0.505 e. The van der Waals surface area contributed by atoms with Crippen LogP contribution in [0.4, 0.5) is 17.1 Å². The molecule has 0 aliphatic heterocycles. The molecule has 0 atom stereocenters. The van der Waals surface area contributed by atoms with Crippen LogP contribution < -0.4 is 5.32 Å². The largest absolute Gasteiger partial charge is 0.505 e. The molecular formula is C23H17N3O8S2. The molecule has 13 heteroatoms. The molecule has 1 amide bonds. The van der Waals surface area contributed by atoms with Crippen LogP contribution in [0.2, 0.25) is 0 Å². The Morgan fingerprint density at radius 2 is 1.61 bits per heavy atom. The molecule has 0 bridgehead atoms. The van der Waals surface area contributed by atoms with Gasteiger partial charge in [-0.1, -0.05) is 41.4 Å². The van der Waals surface area contributed by atoms with Gasteiger partial charge in [0.15, 0.2) is 5.75 Å². The van der Waals surface area contributed by atoms with E-state index >= 15 is 0 Å². The highest BCUT2D eigenvalue weighted by molar-refractivity contribution is 7.94. The second-order valence-electron chi connectivity index (χ2n) is 7.20. The number of anilines is 1. The number of phenols is 1. The quantitative estimate of drug-likeness (QED) is 0.0718. The second-order valence-corrected chi connectivity index (χ2v) is 9.36. The second kappa shape index (κ2) is 10.8. The fraction of sp³-hybridized carbons (Fsp3) is 0. The minimum atomic E-state index is -4.69. The number of phenolic OH excluding ortho intramolecular Hbond substituents is 1. The van der Waals surface area contributed by atoms with Crippen LogP contribution >= 0.6 is 12.0 Å². The molecule has 0 radical (unpaired) electrons. The highest BCUT2D eigenvalue weighted by atomic mass is 32.2. The summed E-state index contributed by atoms with van der Waals surface area (Å²) in [6.07, 6.45) is 0. The van der Waals surface area contributed by atoms with Crippen molar-refractivity contribution in [3.05, 3.63) is 84.4 Å². The summed E-state index contributed by atoms with van der Waals surface area (Å²) < 4.78 is 38.0. The number of hydrogen-bond acceptors (Lipinski definition) is 10. The predicted molar refractivity (Wildman–Crippen MR) is 131 cm³/mol. The maximum absolute atomic E-state index is 12.8. The molecule has 4 aromatic rings. The van der Waals surface area contributed by atoms with Crippen LogP contribution in [0.5, 0.6) is 5.75 Å². The highest BCUT2D eigenvalue weighted by Crippen LogP contribution is 2.47. The van der Waals surface area contributed by atoms with Gasteiger partial charge in [0.25, 0.3) is 16.0 Å². The van der Waals surface area contributed by atoms with Crippen LogP contribution in [0.3, 0.4) is 0 Å². The minimum absolute atomic E-state index is 0.0166. The molecule has 0 spiro atoms. The van der Waals surface area contributed by atoms with E-state index < -0.39 is 26.7 Å². The lowest BCUT2D eigenvalue weighted by molar-refractivity contribution is -0.432. The third kappa shape index (κ3) is 5.68. The number of carbonyl (C=O) groups excluding carboxylic acids is 1. The average Bonchev–Trinajstić information content (AvgIpc) is 2.87. The topological polar surface area (TPSA) is 167 Å². The number of carbonyl (C=O) groups is 1. The van der Waals surface area contributed by atoms with Crippen LogP contribution in [0.1, 0.15) is 10.4 Å². The molecule has 0 saturated heterocycles. The van der Waals surface area contributed by atoms with Gasteiger partial charge >= 0.3 is 0 Å². The Kier molecular flexibility index (Phi) is 7.59. The van der Waals surface area contributed by atoms with Crippen molar-refractivity contribution in [3.8, 4) is 5.75 Å². The molecule has 184 valence electrons. The molecule has 0 heterocycles. The lowest BCUT2D eigenvalue weighted by Crippen LogP contribution is -2.13. The van der Waals surface area contributed by atoms with Gasteiger partial charge in [0.2, 0.25) is 0 Å². The summed E-state index contributed by atoms with van der Waals surface area (Å²) in [7, 11) is -4.69. The van der Waals surface area contributed by atoms with Crippen molar-refractivity contribution in [3.63, 3.8) is 0 Å². The molecule has 4 N–H and O–H groups in total. The first kappa shape index (κ1) is 25.2. The number of aromatic hydroxyl groups is 1. The third-order valence-corrected chi connectivity index (χ3v) is 6.33. The Bertz CT molecular complexity index is 1550. The number of nitrogens with zero attached hydrogens (tertiary/aromatic N) is 2. The Balaban J connectivity index is 1.93. The normalized spacial score (nSPS) is 11.7. The first-order valence-corrected chi connectivity index (χ1v) is 12.3. The lowest BCUT2D eigenvalue weighted by atomic mass is 10.1. The Morgan fingerprint density at radius 3 is 2.25 bits per heavy atom. The van der Waals surface area contributed by atoms with Crippen LogP contribution in [-0.2, 0) is 19.5 Å². The van der Waals surface area contributed by atoms with Gasteiger partial charge < -0.3 is 10.4 Å². The summed E-state index contributed by atoms with van der Waals surface area (Å²) in [6, 6.07) is 20.2. The van der Waals surface area contributed by atoms with Crippen molar-refractivity contribution in [2.45, 2.75) is 9.79 Å². The van der Waals surface area contributed by atoms with Gasteiger partial charge in [0.1, 0.15) is 5.69 Å². The van der Waals surface area contributed by atoms with Crippen molar-refractivity contribution < 1.29 is 37.5 Å². The van der Waals surface area contributed by atoms with Crippen molar-refractivity contribution in [2.75, 3.05) is 5.32 Å². The van der Waals surface area contributed by atoms with E-state index in [-0.39, 0.29) is 32.6 Å². The zero-order chi connectivity index (χ0) is 25.7. The molecule has 4 rings (SSSR count). The maximum Gasteiger partial charge on any atom is 0.294 e. The van der Waals surface area contributed by atoms with E-state index in [1.165, 1.54) is 6.07 Å². The molecular weight excluding hydrogens is 510 g/mol. The number of benzene rings is 4. The van der Waals surface area contributed by atoms with Gasteiger partial charge in [-0.3, -0.25) is 9.35 Å². The van der Waals surface area contributed by atoms with Gasteiger partial charge in [0.05, 0.1) is 33.2 Å². The van der Waals surface area contributed by atoms with E-state index in [4.69, 9.17) is 5.26 Å². The molecule has 0 aliphatic carbocycles. The Labute approximate surface area is 208 Å². The van der Waals surface area contributed by atoms with Crippen LogP contribution in [0.25, 0.3) is 10.8 Å². The van der Waals surface area contributed by atoms with Gasteiger partial charge in [0, 0.05) is 10.9 Å². The molecule has 0 unspecified atom stereocenters. The van der Waals surface area contributed by atoms with Gasteiger partial charge in [-0.25, -0.2) is 5.26 Å². The summed E-state index contributed by atoms with van der Waals surface area (Å²) in [5.74, 6) is -1.08. The standard InChI is InChI=1S/C23H17N3O8S2/c27-22-20-15(12-19(35-34-33-29)21(22)26-25-16-9-5-2-6-10-16)11-17(36(30,31)32)13-18(20)24-23(28)14-7-3-1-4-8-14/h1-13,27,29H,(H,24,28)(H,30,31,32).